The minimum Gasteiger partial charge on any atom is -0.378 e. The molecule has 3 rings (SSSR count). The highest BCUT2D eigenvalue weighted by molar-refractivity contribution is 5.80. The third-order valence-corrected chi connectivity index (χ3v) is 4.70. The Morgan fingerprint density at radius 1 is 1.28 bits per heavy atom. The number of carbonyl (C=O) groups excluding carboxylic acids is 1. The van der Waals surface area contributed by atoms with Gasteiger partial charge in [-0.2, -0.15) is 0 Å². The fraction of sp³-hybridized carbons (Fsp3) is 0.923. The number of fused-ring (bicyclic) bond motifs is 1. The van der Waals surface area contributed by atoms with Gasteiger partial charge in [-0.1, -0.05) is 0 Å². The van der Waals surface area contributed by atoms with Crippen molar-refractivity contribution in [2.45, 2.75) is 50.5 Å². The van der Waals surface area contributed by atoms with E-state index < -0.39 is 0 Å². The monoisotopic (exact) mass is 254 g/mol. The highest BCUT2D eigenvalue weighted by Crippen LogP contribution is 2.37. The molecule has 0 spiro atoms. The average Bonchev–Trinajstić information content (AvgIpc) is 2.81. The maximum atomic E-state index is 12.2. The maximum absolute atomic E-state index is 12.2. The van der Waals surface area contributed by atoms with Crippen LogP contribution < -0.4 is 11.1 Å². The third-order valence-electron chi connectivity index (χ3n) is 4.70. The molecule has 3 N–H and O–H groups in total. The molecule has 2 aliphatic heterocycles. The highest BCUT2D eigenvalue weighted by Gasteiger charge is 2.51. The van der Waals surface area contributed by atoms with Gasteiger partial charge in [-0.25, -0.2) is 0 Å². The maximum Gasteiger partial charge on any atom is 0.226 e. The standard InChI is InChI=1S/C13H22N2O3/c1-7-8(4-6-17-7)13(16)15-11-10(14)9-3-2-5-18-12(9)11/h7-12H,2-6,14H2,1H3,(H,15,16). The van der Waals surface area contributed by atoms with Crippen molar-refractivity contribution in [2.75, 3.05) is 13.2 Å². The SMILES string of the molecule is CC1OCCC1C(=O)NC1C(N)C2CCCOC21. The van der Waals surface area contributed by atoms with E-state index in [0.717, 1.165) is 25.9 Å². The minimum absolute atomic E-state index is 0.00407. The predicted molar refractivity (Wildman–Crippen MR) is 65.9 cm³/mol. The summed E-state index contributed by atoms with van der Waals surface area (Å²) >= 11 is 0. The van der Waals surface area contributed by atoms with Gasteiger partial charge in [0.2, 0.25) is 5.91 Å². The Morgan fingerprint density at radius 3 is 2.83 bits per heavy atom. The van der Waals surface area contributed by atoms with Crippen LogP contribution in [-0.2, 0) is 14.3 Å². The summed E-state index contributed by atoms with van der Waals surface area (Å²) in [6.07, 6.45) is 3.17. The van der Waals surface area contributed by atoms with Crippen LogP contribution >= 0.6 is 0 Å². The Balaban J connectivity index is 1.58. The van der Waals surface area contributed by atoms with E-state index in [9.17, 15) is 4.79 Å². The van der Waals surface area contributed by atoms with E-state index in [0.29, 0.717) is 12.5 Å². The second-order valence-corrected chi connectivity index (χ2v) is 5.72. The van der Waals surface area contributed by atoms with Crippen molar-refractivity contribution < 1.29 is 14.3 Å². The van der Waals surface area contributed by atoms with Gasteiger partial charge in [0.05, 0.1) is 24.2 Å². The first-order valence-electron chi connectivity index (χ1n) is 6.97. The number of rotatable bonds is 2. The summed E-state index contributed by atoms with van der Waals surface area (Å²) in [6, 6.07) is 0.0486. The van der Waals surface area contributed by atoms with Gasteiger partial charge in [-0.05, 0) is 26.2 Å². The molecule has 0 aromatic heterocycles. The molecule has 0 radical (unpaired) electrons. The normalized spacial score (nSPS) is 47.2. The first-order valence-corrected chi connectivity index (χ1v) is 6.97. The smallest absolute Gasteiger partial charge is 0.226 e. The molecular formula is C13H22N2O3. The Hall–Kier alpha value is -0.650. The summed E-state index contributed by atoms with van der Waals surface area (Å²) < 4.78 is 11.2. The number of hydrogen-bond donors (Lipinski definition) is 2. The van der Waals surface area contributed by atoms with Gasteiger partial charge in [-0.3, -0.25) is 4.79 Å². The van der Waals surface area contributed by atoms with E-state index >= 15 is 0 Å². The average molecular weight is 254 g/mol. The van der Waals surface area contributed by atoms with Gasteiger partial charge in [0, 0.05) is 25.2 Å². The molecule has 102 valence electrons. The van der Waals surface area contributed by atoms with Crippen LogP contribution in [0.5, 0.6) is 0 Å². The Bertz CT molecular complexity index is 336. The fourth-order valence-electron chi connectivity index (χ4n) is 3.47. The first-order chi connectivity index (χ1) is 8.68. The molecule has 1 amide bonds. The Morgan fingerprint density at radius 2 is 2.11 bits per heavy atom. The zero-order valence-electron chi connectivity index (χ0n) is 10.8. The van der Waals surface area contributed by atoms with Crippen LogP contribution in [0.2, 0.25) is 0 Å². The number of ether oxygens (including phenoxy) is 2. The number of carbonyl (C=O) groups is 1. The van der Waals surface area contributed by atoms with Gasteiger partial charge in [-0.15, -0.1) is 0 Å². The molecule has 18 heavy (non-hydrogen) atoms. The summed E-state index contributed by atoms with van der Waals surface area (Å²) in [5.74, 6) is 0.481. The zero-order chi connectivity index (χ0) is 12.7. The predicted octanol–water partition coefficient (Wildman–Crippen LogP) is 0.0323. The van der Waals surface area contributed by atoms with Gasteiger partial charge >= 0.3 is 0 Å². The lowest BCUT2D eigenvalue weighted by Crippen LogP contribution is -2.72. The van der Waals surface area contributed by atoms with Crippen LogP contribution in [0.15, 0.2) is 0 Å². The molecular weight excluding hydrogens is 232 g/mol. The van der Waals surface area contributed by atoms with E-state index in [2.05, 4.69) is 5.32 Å². The summed E-state index contributed by atoms with van der Waals surface area (Å²) in [4.78, 5) is 12.2. The van der Waals surface area contributed by atoms with E-state index in [4.69, 9.17) is 15.2 Å². The molecule has 1 aliphatic carbocycles. The molecule has 6 atom stereocenters. The number of amides is 1. The summed E-state index contributed by atoms with van der Waals surface area (Å²) in [5, 5.41) is 3.07. The van der Waals surface area contributed by atoms with Crippen molar-refractivity contribution in [1.82, 2.24) is 5.32 Å². The van der Waals surface area contributed by atoms with Crippen molar-refractivity contribution in [3.05, 3.63) is 0 Å². The molecule has 0 bridgehead atoms. The molecule has 5 heteroatoms. The second kappa shape index (κ2) is 4.79. The van der Waals surface area contributed by atoms with Gasteiger partial charge in [0.1, 0.15) is 0 Å². The van der Waals surface area contributed by atoms with E-state index in [1.54, 1.807) is 0 Å². The highest BCUT2D eigenvalue weighted by atomic mass is 16.5. The number of nitrogens with two attached hydrogens (primary N) is 1. The lowest BCUT2D eigenvalue weighted by molar-refractivity contribution is -0.143. The van der Waals surface area contributed by atoms with Crippen molar-refractivity contribution in [2.24, 2.45) is 17.6 Å². The zero-order valence-corrected chi connectivity index (χ0v) is 10.8. The molecule has 0 aromatic carbocycles. The molecule has 3 fully saturated rings. The van der Waals surface area contributed by atoms with Gasteiger partial charge < -0.3 is 20.5 Å². The summed E-state index contributed by atoms with van der Waals surface area (Å²) in [6.45, 7) is 3.43. The van der Waals surface area contributed by atoms with Crippen LogP contribution in [0.3, 0.4) is 0 Å². The molecule has 2 saturated heterocycles. The topological polar surface area (TPSA) is 73.6 Å². The van der Waals surface area contributed by atoms with Crippen LogP contribution in [0.25, 0.3) is 0 Å². The minimum atomic E-state index is -0.0279. The summed E-state index contributed by atoms with van der Waals surface area (Å²) in [5.41, 5.74) is 6.13. The van der Waals surface area contributed by atoms with E-state index in [-0.39, 0.29) is 36.1 Å². The fourth-order valence-corrected chi connectivity index (χ4v) is 3.47. The van der Waals surface area contributed by atoms with Crippen molar-refractivity contribution in [3.8, 4) is 0 Å². The molecule has 6 unspecified atom stereocenters. The number of hydrogen-bond acceptors (Lipinski definition) is 4. The summed E-state index contributed by atoms with van der Waals surface area (Å²) in [7, 11) is 0. The lowest BCUT2D eigenvalue weighted by Gasteiger charge is -2.52. The van der Waals surface area contributed by atoms with Crippen LogP contribution in [0, 0.1) is 11.8 Å². The van der Waals surface area contributed by atoms with Gasteiger partial charge in [0.25, 0.3) is 0 Å². The molecule has 2 heterocycles. The van der Waals surface area contributed by atoms with Crippen LogP contribution in [-0.4, -0.2) is 43.4 Å². The quantitative estimate of drug-likeness (QED) is 0.729. The van der Waals surface area contributed by atoms with E-state index in [1.165, 1.54) is 0 Å². The lowest BCUT2D eigenvalue weighted by atomic mass is 9.68. The van der Waals surface area contributed by atoms with Crippen molar-refractivity contribution in [1.29, 1.82) is 0 Å². The van der Waals surface area contributed by atoms with E-state index in [1.807, 2.05) is 6.92 Å². The third kappa shape index (κ3) is 1.94. The molecule has 1 saturated carbocycles. The van der Waals surface area contributed by atoms with Crippen molar-refractivity contribution in [3.63, 3.8) is 0 Å². The van der Waals surface area contributed by atoms with Crippen molar-refractivity contribution >= 4 is 5.91 Å². The van der Waals surface area contributed by atoms with Crippen LogP contribution in [0.1, 0.15) is 26.2 Å². The number of nitrogens with one attached hydrogen (secondary N) is 1. The molecule has 5 nitrogen and oxygen atoms in total. The second-order valence-electron chi connectivity index (χ2n) is 5.72. The molecule has 0 aromatic rings. The Labute approximate surface area is 107 Å². The largest absolute Gasteiger partial charge is 0.378 e. The first kappa shape index (κ1) is 12.4. The van der Waals surface area contributed by atoms with Crippen LogP contribution in [0.4, 0.5) is 0 Å². The van der Waals surface area contributed by atoms with Gasteiger partial charge in [0.15, 0.2) is 0 Å². The molecule has 3 aliphatic rings. The Kier molecular flexibility index (Phi) is 3.30.